The van der Waals surface area contributed by atoms with E-state index in [-0.39, 0.29) is 23.7 Å². The van der Waals surface area contributed by atoms with Crippen LogP contribution in [0.15, 0.2) is 22.1 Å². The Morgan fingerprint density at radius 1 is 1.25 bits per heavy atom. The van der Waals surface area contributed by atoms with Gasteiger partial charge in [0.2, 0.25) is 5.91 Å². The van der Waals surface area contributed by atoms with Crippen molar-refractivity contribution in [1.82, 2.24) is 39.0 Å². The summed E-state index contributed by atoms with van der Waals surface area (Å²) in [5.41, 5.74) is -0.298. The van der Waals surface area contributed by atoms with Gasteiger partial charge >= 0.3 is 11.7 Å². The lowest BCUT2D eigenvalue weighted by molar-refractivity contribution is -0.148. The van der Waals surface area contributed by atoms with Crippen molar-refractivity contribution in [2.45, 2.75) is 51.4 Å². The molecule has 1 fully saturated rings. The number of ether oxygens (including phenoxy) is 1. The number of esters is 1. The zero-order valence-corrected chi connectivity index (χ0v) is 18.0. The Morgan fingerprint density at radius 3 is 2.72 bits per heavy atom. The molecule has 0 saturated heterocycles. The molecule has 1 atom stereocenters. The maximum atomic E-state index is 12.6. The van der Waals surface area contributed by atoms with Crippen molar-refractivity contribution in [3.63, 3.8) is 0 Å². The molecule has 0 aromatic carbocycles. The Labute approximate surface area is 181 Å². The number of aryl methyl sites for hydroxylation is 2. The summed E-state index contributed by atoms with van der Waals surface area (Å²) in [4.78, 5) is 53.1. The fraction of sp³-hybridized carbons (Fsp3) is 0.526. The largest absolute Gasteiger partial charge is 0.458 e. The van der Waals surface area contributed by atoms with E-state index >= 15 is 0 Å². The molecule has 1 N–H and O–H groups in total. The second-order valence-electron chi connectivity index (χ2n) is 7.88. The van der Waals surface area contributed by atoms with Crippen LogP contribution in [0.4, 0.5) is 0 Å². The monoisotopic (exact) mass is 444 g/mol. The smallest absolute Gasteiger partial charge is 0.332 e. The molecule has 4 rings (SSSR count). The molecule has 32 heavy (non-hydrogen) atoms. The quantitative estimate of drug-likeness (QED) is 0.435. The third-order valence-electron chi connectivity index (χ3n) is 5.39. The Kier molecular flexibility index (Phi) is 5.63. The first kappa shape index (κ1) is 21.5. The first-order valence-electron chi connectivity index (χ1n) is 10.2. The summed E-state index contributed by atoms with van der Waals surface area (Å²) < 4.78 is 10.4. The van der Waals surface area contributed by atoms with Crippen LogP contribution < -0.4 is 16.6 Å². The van der Waals surface area contributed by atoms with Crippen LogP contribution in [0.5, 0.6) is 0 Å². The minimum absolute atomic E-state index is 0.0268. The van der Waals surface area contributed by atoms with E-state index in [1.807, 2.05) is 0 Å². The minimum atomic E-state index is -0.855. The maximum absolute atomic E-state index is 12.6. The third kappa shape index (κ3) is 4.18. The van der Waals surface area contributed by atoms with Crippen LogP contribution in [-0.2, 0) is 41.6 Å². The molecular weight excluding hydrogens is 420 g/mol. The molecule has 0 aliphatic heterocycles. The summed E-state index contributed by atoms with van der Waals surface area (Å²) in [5.74, 6) is -0.625. The van der Waals surface area contributed by atoms with Crippen molar-refractivity contribution >= 4 is 23.0 Å². The van der Waals surface area contributed by atoms with Gasteiger partial charge in [-0.2, -0.15) is 0 Å². The van der Waals surface area contributed by atoms with Crippen LogP contribution in [0.2, 0.25) is 0 Å². The highest BCUT2D eigenvalue weighted by molar-refractivity contribution is 5.78. The van der Waals surface area contributed by atoms with E-state index in [0.29, 0.717) is 24.7 Å². The lowest BCUT2D eigenvalue weighted by Crippen LogP contribution is -2.38. The molecule has 0 spiro atoms. The number of nitrogens with one attached hydrogen (secondary N) is 1. The zero-order valence-electron chi connectivity index (χ0n) is 18.0. The predicted molar refractivity (Wildman–Crippen MR) is 111 cm³/mol. The van der Waals surface area contributed by atoms with Crippen molar-refractivity contribution in [3.05, 3.63) is 39.1 Å². The van der Waals surface area contributed by atoms with Crippen LogP contribution in [0.1, 0.15) is 37.9 Å². The molecule has 3 aromatic heterocycles. The molecule has 3 aromatic rings. The minimum Gasteiger partial charge on any atom is -0.458 e. The van der Waals surface area contributed by atoms with E-state index in [4.69, 9.17) is 4.74 Å². The van der Waals surface area contributed by atoms with Crippen LogP contribution in [-0.4, -0.2) is 51.6 Å². The van der Waals surface area contributed by atoms with Gasteiger partial charge in [0.05, 0.1) is 19.1 Å². The number of imidazole rings is 1. The molecule has 1 aliphatic carbocycles. The summed E-state index contributed by atoms with van der Waals surface area (Å²) in [6.45, 7) is 1.84. The molecule has 0 bridgehead atoms. The van der Waals surface area contributed by atoms with Crippen LogP contribution in [0.25, 0.3) is 11.2 Å². The van der Waals surface area contributed by atoms with Crippen molar-refractivity contribution in [3.8, 4) is 0 Å². The van der Waals surface area contributed by atoms with Gasteiger partial charge in [0.15, 0.2) is 11.2 Å². The standard InChI is InChI=1S/C19H24N8O5/c1-11(27-10-20-16-15(27)17(29)25(3)19(31)24(16)2)18(30)32-9-13-8-26(23-22-13)7-6-14(28)21-12-4-5-12/h8,10-12H,4-7,9H2,1-3H3,(H,21,28). The van der Waals surface area contributed by atoms with Crippen molar-refractivity contribution in [2.24, 2.45) is 14.1 Å². The fourth-order valence-corrected chi connectivity index (χ4v) is 3.29. The summed E-state index contributed by atoms with van der Waals surface area (Å²) in [6, 6.07) is -0.542. The number of amides is 1. The lowest BCUT2D eigenvalue weighted by Gasteiger charge is -2.13. The van der Waals surface area contributed by atoms with Crippen LogP contribution in [0.3, 0.4) is 0 Å². The maximum Gasteiger partial charge on any atom is 0.332 e. The van der Waals surface area contributed by atoms with Crippen LogP contribution >= 0.6 is 0 Å². The van der Waals surface area contributed by atoms with Gasteiger partial charge in [0.25, 0.3) is 5.56 Å². The highest BCUT2D eigenvalue weighted by Gasteiger charge is 2.24. The van der Waals surface area contributed by atoms with Crippen molar-refractivity contribution < 1.29 is 14.3 Å². The van der Waals surface area contributed by atoms with Gasteiger partial charge in [-0.05, 0) is 19.8 Å². The van der Waals surface area contributed by atoms with Crippen molar-refractivity contribution in [1.29, 1.82) is 0 Å². The Bertz CT molecular complexity index is 1300. The van der Waals surface area contributed by atoms with E-state index in [1.54, 1.807) is 13.1 Å². The van der Waals surface area contributed by atoms with Gasteiger partial charge in [0.1, 0.15) is 18.3 Å². The summed E-state index contributed by atoms with van der Waals surface area (Å²) in [7, 11) is 2.87. The number of carbonyl (C=O) groups is 2. The highest BCUT2D eigenvalue weighted by Crippen LogP contribution is 2.18. The van der Waals surface area contributed by atoms with Gasteiger partial charge in [-0.15, -0.1) is 5.10 Å². The Morgan fingerprint density at radius 2 is 2.00 bits per heavy atom. The first-order valence-corrected chi connectivity index (χ1v) is 10.2. The average Bonchev–Trinajstić information content (AvgIpc) is 3.29. The van der Waals surface area contributed by atoms with E-state index < -0.39 is 23.3 Å². The number of hydrogen-bond donors (Lipinski definition) is 1. The second-order valence-corrected chi connectivity index (χ2v) is 7.88. The molecule has 1 aliphatic rings. The summed E-state index contributed by atoms with van der Waals surface area (Å²) in [5, 5.41) is 10.8. The van der Waals surface area contributed by atoms with E-state index in [9.17, 15) is 19.2 Å². The fourth-order valence-electron chi connectivity index (χ4n) is 3.29. The summed E-state index contributed by atoms with van der Waals surface area (Å²) in [6.07, 6.45) is 5.30. The third-order valence-corrected chi connectivity index (χ3v) is 5.39. The molecule has 1 saturated carbocycles. The second kappa shape index (κ2) is 8.40. The topological polar surface area (TPSA) is 148 Å². The first-order chi connectivity index (χ1) is 15.3. The number of fused-ring (bicyclic) bond motifs is 1. The van der Waals surface area contributed by atoms with Gasteiger partial charge in [-0.1, -0.05) is 5.21 Å². The molecule has 170 valence electrons. The molecule has 0 radical (unpaired) electrons. The van der Waals surface area contributed by atoms with Gasteiger partial charge < -0.3 is 14.6 Å². The lowest BCUT2D eigenvalue weighted by atomic mass is 10.3. The molecule has 13 heteroatoms. The number of carbonyl (C=O) groups excluding carboxylic acids is 2. The Hall–Kier alpha value is -3.77. The van der Waals surface area contributed by atoms with Gasteiger partial charge in [0, 0.05) is 26.6 Å². The highest BCUT2D eigenvalue weighted by atomic mass is 16.5. The number of rotatable bonds is 8. The van der Waals surface area contributed by atoms with Gasteiger partial charge in [-0.3, -0.25) is 23.4 Å². The Balaban J connectivity index is 1.38. The average molecular weight is 444 g/mol. The summed E-state index contributed by atoms with van der Waals surface area (Å²) >= 11 is 0. The van der Waals surface area contributed by atoms with E-state index in [2.05, 4.69) is 20.6 Å². The van der Waals surface area contributed by atoms with E-state index in [1.165, 1.54) is 34.2 Å². The SMILES string of the molecule is CC(C(=O)OCc1cn(CCC(=O)NC2CC2)nn1)n1cnc2c1c(=O)n(C)c(=O)n2C. The number of aromatic nitrogens is 7. The van der Waals surface area contributed by atoms with Gasteiger partial charge in [-0.25, -0.2) is 14.6 Å². The van der Waals surface area contributed by atoms with E-state index in [0.717, 1.165) is 17.4 Å². The van der Waals surface area contributed by atoms with Crippen molar-refractivity contribution in [2.75, 3.05) is 0 Å². The molecule has 1 unspecified atom stereocenters. The number of nitrogens with zero attached hydrogens (tertiary/aromatic N) is 7. The predicted octanol–water partition coefficient (Wildman–Crippen LogP) is -1.00. The number of hydrogen-bond acceptors (Lipinski definition) is 8. The molecule has 3 heterocycles. The zero-order chi connectivity index (χ0) is 23.0. The van der Waals surface area contributed by atoms with Crippen LogP contribution in [0, 0.1) is 0 Å². The molecule has 13 nitrogen and oxygen atoms in total. The molecule has 1 amide bonds. The normalized spacial score (nSPS) is 14.5. The molecular formula is C19H24N8O5.